The number of aromatic nitrogens is 1. The Morgan fingerprint density at radius 2 is 1.95 bits per heavy atom. The first-order valence-electron chi connectivity index (χ1n) is 7.16. The number of anilines is 1. The minimum absolute atomic E-state index is 0.498. The Labute approximate surface area is 121 Å². The van der Waals surface area contributed by atoms with E-state index in [2.05, 4.69) is 43.2 Å². The van der Waals surface area contributed by atoms with Crippen molar-refractivity contribution >= 4 is 5.82 Å². The van der Waals surface area contributed by atoms with Gasteiger partial charge in [-0.2, -0.15) is 0 Å². The molecule has 0 aliphatic carbocycles. The average molecular weight is 270 g/mol. The Bertz CT molecular complexity index is 552. The fourth-order valence-corrected chi connectivity index (χ4v) is 1.90. The van der Waals surface area contributed by atoms with Gasteiger partial charge in [-0.15, -0.1) is 0 Å². The van der Waals surface area contributed by atoms with E-state index in [9.17, 15) is 0 Å². The first-order chi connectivity index (χ1) is 9.69. The summed E-state index contributed by atoms with van der Waals surface area (Å²) in [5.41, 5.74) is 1.28. The molecule has 0 saturated carbocycles. The van der Waals surface area contributed by atoms with E-state index in [-0.39, 0.29) is 0 Å². The molecule has 1 heterocycles. The number of nitrogens with one attached hydrogen (secondary N) is 1. The van der Waals surface area contributed by atoms with E-state index in [1.165, 1.54) is 5.56 Å². The van der Waals surface area contributed by atoms with Crippen molar-refractivity contribution in [3.63, 3.8) is 0 Å². The average Bonchev–Trinajstić information content (AvgIpc) is 2.46. The molecule has 3 heteroatoms. The molecule has 0 bridgehead atoms. The van der Waals surface area contributed by atoms with Crippen LogP contribution in [0, 0.1) is 0 Å². The number of rotatable bonds is 6. The molecule has 0 amide bonds. The number of hydrogen-bond acceptors (Lipinski definition) is 3. The van der Waals surface area contributed by atoms with E-state index in [1.54, 1.807) is 6.20 Å². The van der Waals surface area contributed by atoms with Gasteiger partial charge < -0.3 is 10.1 Å². The van der Waals surface area contributed by atoms with Gasteiger partial charge in [-0.25, -0.2) is 4.98 Å². The van der Waals surface area contributed by atoms with Gasteiger partial charge in [0.25, 0.3) is 0 Å². The molecule has 0 spiro atoms. The summed E-state index contributed by atoms with van der Waals surface area (Å²) in [4.78, 5) is 4.27. The quantitative estimate of drug-likeness (QED) is 0.817. The summed E-state index contributed by atoms with van der Waals surface area (Å²) in [7, 11) is 0. The Morgan fingerprint density at radius 1 is 1.15 bits per heavy atom. The maximum atomic E-state index is 5.91. The molecular formula is C17H22N2O. The Balaban J connectivity index is 2.11. The topological polar surface area (TPSA) is 34.1 Å². The van der Waals surface area contributed by atoms with Gasteiger partial charge in [0.1, 0.15) is 17.3 Å². The normalized spacial score (nSPS) is 10.6. The molecule has 0 fully saturated rings. The lowest BCUT2D eigenvalue weighted by atomic mass is 10.0. The predicted octanol–water partition coefficient (Wildman–Crippen LogP) is 4.82. The van der Waals surface area contributed by atoms with E-state index >= 15 is 0 Å². The lowest BCUT2D eigenvalue weighted by molar-refractivity contribution is 0.481. The highest BCUT2D eigenvalue weighted by molar-refractivity contribution is 5.43. The summed E-state index contributed by atoms with van der Waals surface area (Å²) in [6.07, 6.45) is 2.84. The molecule has 0 radical (unpaired) electrons. The third-order valence-electron chi connectivity index (χ3n) is 3.05. The third kappa shape index (κ3) is 3.98. The van der Waals surface area contributed by atoms with Crippen LogP contribution in [0.3, 0.4) is 0 Å². The predicted molar refractivity (Wildman–Crippen MR) is 83.6 cm³/mol. The van der Waals surface area contributed by atoms with Gasteiger partial charge in [-0.1, -0.05) is 32.9 Å². The highest BCUT2D eigenvalue weighted by atomic mass is 16.5. The van der Waals surface area contributed by atoms with Crippen LogP contribution in [0.15, 0.2) is 42.6 Å². The third-order valence-corrected chi connectivity index (χ3v) is 3.05. The Hall–Kier alpha value is -2.03. The van der Waals surface area contributed by atoms with Gasteiger partial charge in [0, 0.05) is 18.8 Å². The molecule has 1 aromatic heterocycles. The highest BCUT2D eigenvalue weighted by Gasteiger charge is 2.03. The smallest absolute Gasteiger partial charge is 0.132 e. The molecule has 1 aromatic carbocycles. The second kappa shape index (κ2) is 6.94. The number of nitrogens with zero attached hydrogens (tertiary/aromatic N) is 1. The van der Waals surface area contributed by atoms with Gasteiger partial charge in [0.05, 0.1) is 0 Å². The maximum absolute atomic E-state index is 5.91. The summed E-state index contributed by atoms with van der Waals surface area (Å²) < 4.78 is 5.91. The van der Waals surface area contributed by atoms with Crippen molar-refractivity contribution in [2.75, 3.05) is 11.9 Å². The van der Waals surface area contributed by atoms with Crippen molar-refractivity contribution in [3.8, 4) is 11.5 Å². The zero-order valence-electron chi connectivity index (χ0n) is 12.4. The van der Waals surface area contributed by atoms with E-state index in [0.29, 0.717) is 5.92 Å². The number of pyridine rings is 1. The van der Waals surface area contributed by atoms with Gasteiger partial charge in [0.2, 0.25) is 0 Å². The molecule has 3 nitrogen and oxygen atoms in total. The second-order valence-electron chi connectivity index (χ2n) is 5.13. The van der Waals surface area contributed by atoms with Gasteiger partial charge in [0.15, 0.2) is 0 Å². The van der Waals surface area contributed by atoms with Gasteiger partial charge in [-0.05, 0) is 36.1 Å². The van der Waals surface area contributed by atoms with Gasteiger partial charge in [-0.3, -0.25) is 0 Å². The van der Waals surface area contributed by atoms with Crippen LogP contribution in [0.1, 0.15) is 38.7 Å². The highest BCUT2D eigenvalue weighted by Crippen LogP contribution is 2.26. The van der Waals surface area contributed by atoms with Crippen molar-refractivity contribution in [1.82, 2.24) is 4.98 Å². The van der Waals surface area contributed by atoms with Crippen LogP contribution in [-0.4, -0.2) is 11.5 Å². The van der Waals surface area contributed by atoms with E-state index in [1.807, 2.05) is 24.3 Å². The van der Waals surface area contributed by atoms with Crippen molar-refractivity contribution < 1.29 is 4.74 Å². The SMILES string of the molecule is CCCNc1cc(Oc2cccc(C(C)C)c2)ccn1. The molecule has 1 N–H and O–H groups in total. The monoisotopic (exact) mass is 270 g/mol. The summed E-state index contributed by atoms with van der Waals surface area (Å²) in [5.74, 6) is 3.02. The van der Waals surface area contributed by atoms with Gasteiger partial charge >= 0.3 is 0 Å². The first kappa shape index (κ1) is 14.4. The molecule has 0 unspecified atom stereocenters. The minimum atomic E-state index is 0.498. The molecule has 106 valence electrons. The molecule has 0 aliphatic heterocycles. The summed E-state index contributed by atoms with van der Waals surface area (Å²) in [6.45, 7) is 7.40. The Kier molecular flexibility index (Phi) is 4.99. The lowest BCUT2D eigenvalue weighted by Gasteiger charge is -2.10. The number of ether oxygens (including phenoxy) is 1. The molecule has 2 aromatic rings. The molecule has 20 heavy (non-hydrogen) atoms. The lowest BCUT2D eigenvalue weighted by Crippen LogP contribution is -2.01. The zero-order valence-corrected chi connectivity index (χ0v) is 12.4. The molecular weight excluding hydrogens is 248 g/mol. The number of benzene rings is 1. The van der Waals surface area contributed by atoms with Crippen LogP contribution in [0.5, 0.6) is 11.5 Å². The number of hydrogen-bond donors (Lipinski definition) is 1. The van der Waals surface area contributed by atoms with Crippen molar-refractivity contribution in [2.45, 2.75) is 33.1 Å². The Morgan fingerprint density at radius 3 is 2.70 bits per heavy atom. The van der Waals surface area contributed by atoms with Crippen molar-refractivity contribution in [3.05, 3.63) is 48.2 Å². The minimum Gasteiger partial charge on any atom is -0.457 e. The standard InChI is InChI=1S/C17H22N2O/c1-4-9-18-17-12-16(8-10-19-17)20-15-7-5-6-14(11-15)13(2)3/h5-8,10-13H,4,9H2,1-3H3,(H,18,19). The van der Waals surface area contributed by atoms with Crippen molar-refractivity contribution in [2.24, 2.45) is 0 Å². The molecule has 0 atom stereocenters. The first-order valence-corrected chi connectivity index (χ1v) is 7.16. The van der Waals surface area contributed by atoms with E-state index < -0.39 is 0 Å². The second-order valence-corrected chi connectivity index (χ2v) is 5.13. The maximum Gasteiger partial charge on any atom is 0.132 e. The molecule has 2 rings (SSSR count). The van der Waals surface area contributed by atoms with Crippen LogP contribution >= 0.6 is 0 Å². The van der Waals surface area contributed by atoms with Crippen LogP contribution in [-0.2, 0) is 0 Å². The van der Waals surface area contributed by atoms with E-state index in [0.717, 1.165) is 30.3 Å². The van der Waals surface area contributed by atoms with Crippen molar-refractivity contribution in [1.29, 1.82) is 0 Å². The van der Waals surface area contributed by atoms with Crippen LogP contribution in [0.4, 0.5) is 5.82 Å². The zero-order chi connectivity index (χ0) is 14.4. The fourth-order valence-electron chi connectivity index (χ4n) is 1.90. The molecule has 0 saturated heterocycles. The van der Waals surface area contributed by atoms with Crippen LogP contribution < -0.4 is 10.1 Å². The summed E-state index contributed by atoms with van der Waals surface area (Å²) in [5, 5.41) is 3.26. The largest absolute Gasteiger partial charge is 0.457 e. The molecule has 0 aliphatic rings. The van der Waals surface area contributed by atoms with Crippen LogP contribution in [0.25, 0.3) is 0 Å². The van der Waals surface area contributed by atoms with Crippen LogP contribution in [0.2, 0.25) is 0 Å². The fraction of sp³-hybridized carbons (Fsp3) is 0.353. The summed E-state index contributed by atoms with van der Waals surface area (Å²) in [6, 6.07) is 12.0. The summed E-state index contributed by atoms with van der Waals surface area (Å²) >= 11 is 0. The van der Waals surface area contributed by atoms with E-state index in [4.69, 9.17) is 4.74 Å².